The molecule has 1 amide bonds. The van der Waals surface area contributed by atoms with E-state index in [-0.39, 0.29) is 5.91 Å². The fourth-order valence-corrected chi connectivity index (χ4v) is 4.92. The maximum atomic E-state index is 13.4. The molecule has 6 heteroatoms. The molecule has 6 nitrogen and oxygen atoms in total. The van der Waals surface area contributed by atoms with E-state index in [0.717, 1.165) is 50.8 Å². The lowest BCUT2D eigenvalue weighted by Gasteiger charge is -2.29. The third-order valence-corrected chi connectivity index (χ3v) is 6.64. The van der Waals surface area contributed by atoms with Crippen LogP contribution >= 0.6 is 0 Å². The highest BCUT2D eigenvalue weighted by atomic mass is 16.2. The lowest BCUT2D eigenvalue weighted by atomic mass is 9.90. The molecule has 2 aliphatic rings. The zero-order chi connectivity index (χ0) is 21.2. The van der Waals surface area contributed by atoms with Gasteiger partial charge in [0.15, 0.2) is 5.69 Å². The highest BCUT2D eigenvalue weighted by Gasteiger charge is 2.31. The minimum Gasteiger partial charge on any atom is -0.333 e. The van der Waals surface area contributed by atoms with Crippen molar-refractivity contribution < 1.29 is 4.79 Å². The number of fused-ring (bicyclic) bond motifs is 2. The molecule has 0 spiro atoms. The molecule has 5 rings (SSSR count). The van der Waals surface area contributed by atoms with Gasteiger partial charge in [-0.3, -0.25) is 14.5 Å². The molecule has 0 saturated carbocycles. The Morgan fingerprint density at radius 3 is 2.87 bits per heavy atom. The summed E-state index contributed by atoms with van der Waals surface area (Å²) in [5.74, 6) is 0.0716. The molecule has 3 heterocycles. The van der Waals surface area contributed by atoms with Crippen LogP contribution in [-0.2, 0) is 39.3 Å². The normalized spacial score (nSPS) is 17.8. The van der Waals surface area contributed by atoms with E-state index in [9.17, 15) is 4.79 Å². The van der Waals surface area contributed by atoms with Gasteiger partial charge in [0.05, 0.1) is 0 Å². The second kappa shape index (κ2) is 8.63. The predicted octanol–water partition coefficient (Wildman–Crippen LogP) is 2.70. The molecule has 31 heavy (non-hydrogen) atoms. The van der Waals surface area contributed by atoms with Crippen molar-refractivity contribution in [1.29, 1.82) is 0 Å². The van der Waals surface area contributed by atoms with E-state index in [2.05, 4.69) is 45.7 Å². The van der Waals surface area contributed by atoms with E-state index in [1.807, 2.05) is 35.1 Å². The zero-order valence-corrected chi connectivity index (χ0v) is 18.1. The number of aryl methyl sites for hydroxylation is 1. The Bertz CT molecular complexity index is 1070. The molecule has 3 aromatic rings. The fraction of sp³-hybridized carbons (Fsp3) is 0.400. The Labute approximate surface area is 183 Å². The van der Waals surface area contributed by atoms with E-state index in [4.69, 9.17) is 0 Å². The third-order valence-electron chi connectivity index (χ3n) is 6.64. The van der Waals surface area contributed by atoms with Crippen molar-refractivity contribution in [1.82, 2.24) is 25.0 Å². The Balaban J connectivity index is 1.27. The summed E-state index contributed by atoms with van der Waals surface area (Å²) in [5, 5.41) is 8.36. The summed E-state index contributed by atoms with van der Waals surface area (Å²) in [6.45, 7) is 2.35. The van der Waals surface area contributed by atoms with Crippen LogP contribution in [0.2, 0.25) is 0 Å². The molecule has 0 bridgehead atoms. The Morgan fingerprint density at radius 1 is 1.16 bits per heavy atom. The average Bonchev–Trinajstić information content (AvgIpc) is 3.15. The summed E-state index contributed by atoms with van der Waals surface area (Å²) in [6, 6.07) is 12.9. The zero-order valence-electron chi connectivity index (χ0n) is 18.1. The molecule has 160 valence electrons. The van der Waals surface area contributed by atoms with Crippen molar-refractivity contribution in [3.63, 3.8) is 0 Å². The molecule has 0 unspecified atom stereocenters. The van der Waals surface area contributed by atoms with E-state index in [1.165, 1.54) is 22.4 Å². The molecule has 0 radical (unpaired) electrons. The molecule has 1 atom stereocenters. The number of nitrogens with zero attached hydrogens (tertiary/aromatic N) is 4. The number of amides is 1. The van der Waals surface area contributed by atoms with Gasteiger partial charge in [0.1, 0.15) is 0 Å². The molecule has 0 fully saturated rings. The number of nitrogens with one attached hydrogen (secondary N) is 1. The topological polar surface area (TPSA) is 63.1 Å². The molecule has 0 saturated heterocycles. The quantitative estimate of drug-likeness (QED) is 0.696. The number of benzene rings is 1. The molecule has 1 N–H and O–H groups in total. The van der Waals surface area contributed by atoms with Crippen molar-refractivity contribution in [2.24, 2.45) is 7.05 Å². The summed E-state index contributed by atoms with van der Waals surface area (Å²) >= 11 is 0. The predicted molar refractivity (Wildman–Crippen MR) is 120 cm³/mol. The van der Waals surface area contributed by atoms with Gasteiger partial charge in [-0.25, -0.2) is 0 Å². The van der Waals surface area contributed by atoms with Crippen molar-refractivity contribution in [3.8, 4) is 0 Å². The van der Waals surface area contributed by atoms with Crippen LogP contribution in [0.15, 0.2) is 48.8 Å². The van der Waals surface area contributed by atoms with Crippen LogP contribution in [0.1, 0.15) is 44.9 Å². The largest absolute Gasteiger partial charge is 0.333 e. The Morgan fingerprint density at radius 2 is 2.03 bits per heavy atom. The lowest BCUT2D eigenvalue weighted by molar-refractivity contribution is 0.0726. The maximum absolute atomic E-state index is 13.4. The van der Waals surface area contributed by atoms with E-state index >= 15 is 0 Å². The summed E-state index contributed by atoms with van der Waals surface area (Å²) in [5.41, 5.74) is 6.85. The second-order valence-corrected chi connectivity index (χ2v) is 8.65. The van der Waals surface area contributed by atoms with Gasteiger partial charge in [-0.1, -0.05) is 30.3 Å². The van der Waals surface area contributed by atoms with Gasteiger partial charge in [0, 0.05) is 49.8 Å². The number of aromatic nitrogens is 3. The van der Waals surface area contributed by atoms with Crippen LogP contribution in [-0.4, -0.2) is 44.7 Å². The first-order valence-electron chi connectivity index (χ1n) is 11.2. The molecular formula is C25H29N5O. The van der Waals surface area contributed by atoms with Gasteiger partial charge in [-0.2, -0.15) is 5.10 Å². The van der Waals surface area contributed by atoms with Crippen LogP contribution in [0.5, 0.6) is 0 Å². The first-order valence-corrected chi connectivity index (χ1v) is 11.2. The number of hydrogen-bond donors (Lipinski definition) is 1. The third kappa shape index (κ3) is 4.12. The van der Waals surface area contributed by atoms with Crippen molar-refractivity contribution in [2.45, 2.75) is 44.7 Å². The molecule has 1 aliphatic heterocycles. The number of carbonyl (C=O) groups is 1. The maximum Gasteiger partial charge on any atom is 0.274 e. The molecule has 1 aliphatic carbocycles. The van der Waals surface area contributed by atoms with Crippen LogP contribution in [0.4, 0.5) is 0 Å². The number of hydrogen-bond acceptors (Lipinski definition) is 4. The summed E-state index contributed by atoms with van der Waals surface area (Å²) in [6.07, 6.45) is 8.50. The monoisotopic (exact) mass is 415 g/mol. The van der Waals surface area contributed by atoms with Crippen LogP contribution in [0.25, 0.3) is 0 Å². The highest BCUT2D eigenvalue weighted by molar-refractivity contribution is 5.94. The highest BCUT2D eigenvalue weighted by Crippen LogP contribution is 2.27. The minimum atomic E-state index is 0.0716. The van der Waals surface area contributed by atoms with Crippen LogP contribution < -0.4 is 5.32 Å². The number of pyridine rings is 1. The van der Waals surface area contributed by atoms with Gasteiger partial charge < -0.3 is 10.2 Å². The minimum absolute atomic E-state index is 0.0716. The smallest absolute Gasteiger partial charge is 0.274 e. The SMILES string of the molecule is Cn1nc(C(=O)N2CCc3ccccc3C2)c2c1CC[C@@H](NCCc1cccnc1)C2. The average molecular weight is 416 g/mol. The fourth-order valence-electron chi connectivity index (χ4n) is 4.92. The Kier molecular flexibility index (Phi) is 5.55. The van der Waals surface area contributed by atoms with Gasteiger partial charge in [-0.05, 0) is 61.4 Å². The van der Waals surface area contributed by atoms with Crippen molar-refractivity contribution >= 4 is 5.91 Å². The summed E-state index contributed by atoms with van der Waals surface area (Å²) in [7, 11) is 1.97. The number of carbonyl (C=O) groups excluding carboxylic acids is 1. The molecular weight excluding hydrogens is 386 g/mol. The first kappa shape index (κ1) is 19.9. The van der Waals surface area contributed by atoms with Gasteiger partial charge in [0.2, 0.25) is 0 Å². The second-order valence-electron chi connectivity index (χ2n) is 8.65. The Hall–Kier alpha value is -2.99. The van der Waals surface area contributed by atoms with Gasteiger partial charge in [0.25, 0.3) is 5.91 Å². The summed E-state index contributed by atoms with van der Waals surface area (Å²) < 4.78 is 1.92. The van der Waals surface area contributed by atoms with Crippen molar-refractivity contribution in [2.75, 3.05) is 13.1 Å². The summed E-state index contributed by atoms with van der Waals surface area (Å²) in [4.78, 5) is 19.6. The molecule has 1 aromatic carbocycles. The standard InChI is InChI=1S/C25H29N5O/c1-29-23-9-8-21(27-13-10-18-5-4-12-26-16-18)15-22(23)24(28-29)25(31)30-14-11-19-6-2-3-7-20(19)17-30/h2-7,12,16,21,27H,8-11,13-15,17H2,1H3/t21-/m1/s1. The van der Waals surface area contributed by atoms with Gasteiger partial charge in [-0.15, -0.1) is 0 Å². The van der Waals surface area contributed by atoms with Crippen molar-refractivity contribution in [3.05, 3.63) is 82.4 Å². The van der Waals surface area contributed by atoms with E-state index < -0.39 is 0 Å². The van der Waals surface area contributed by atoms with E-state index in [0.29, 0.717) is 18.3 Å². The molecule has 2 aromatic heterocycles. The lowest BCUT2D eigenvalue weighted by Crippen LogP contribution is -2.38. The van der Waals surface area contributed by atoms with E-state index in [1.54, 1.807) is 0 Å². The van der Waals surface area contributed by atoms with Gasteiger partial charge >= 0.3 is 0 Å². The van der Waals surface area contributed by atoms with Crippen LogP contribution in [0.3, 0.4) is 0 Å². The first-order chi connectivity index (χ1) is 15.2. The number of rotatable bonds is 5. The van der Waals surface area contributed by atoms with Crippen LogP contribution in [0, 0.1) is 0 Å².